The van der Waals surface area contributed by atoms with E-state index in [0.717, 1.165) is 25.7 Å². The van der Waals surface area contributed by atoms with E-state index < -0.39 is 6.61 Å². The Kier molecular flexibility index (Phi) is 7.37. The number of rotatable bonds is 9. The first-order valence-corrected chi connectivity index (χ1v) is 12.2. The summed E-state index contributed by atoms with van der Waals surface area (Å²) in [7, 11) is 1.60. The van der Waals surface area contributed by atoms with Crippen molar-refractivity contribution in [1.82, 2.24) is 25.6 Å². The molecule has 2 amide bonds. The van der Waals surface area contributed by atoms with Crippen molar-refractivity contribution in [2.75, 3.05) is 33.7 Å². The van der Waals surface area contributed by atoms with Crippen LogP contribution in [0.1, 0.15) is 36.0 Å². The second-order valence-corrected chi connectivity index (χ2v) is 8.91. The average Bonchev–Trinajstić information content (AvgIpc) is 3.57. The molecule has 196 valence electrons. The van der Waals surface area contributed by atoms with Crippen LogP contribution in [0.3, 0.4) is 0 Å². The van der Waals surface area contributed by atoms with Gasteiger partial charge < -0.3 is 39.7 Å². The number of hydrogen-bond acceptors (Lipinski definition) is 9. The van der Waals surface area contributed by atoms with Crippen molar-refractivity contribution in [1.29, 1.82) is 0 Å². The van der Waals surface area contributed by atoms with Crippen LogP contribution >= 0.6 is 0 Å². The van der Waals surface area contributed by atoms with Crippen molar-refractivity contribution >= 4 is 22.8 Å². The number of benzene rings is 1. The maximum atomic E-state index is 13.2. The van der Waals surface area contributed by atoms with Gasteiger partial charge in [-0.1, -0.05) is 0 Å². The molecule has 5 rings (SSSR count). The molecule has 2 aromatic heterocycles. The summed E-state index contributed by atoms with van der Waals surface area (Å²) in [6, 6.07) is 3.56. The maximum Gasteiger partial charge on any atom is 0.255 e. The Morgan fingerprint density at radius 3 is 2.65 bits per heavy atom. The van der Waals surface area contributed by atoms with Gasteiger partial charge in [-0.05, 0) is 37.8 Å². The molecule has 0 radical (unpaired) electrons. The Morgan fingerprint density at radius 1 is 1.11 bits per heavy atom. The molecule has 37 heavy (non-hydrogen) atoms. The molecule has 1 aromatic carbocycles. The summed E-state index contributed by atoms with van der Waals surface area (Å²) in [5, 5.41) is 14.8. The van der Waals surface area contributed by atoms with E-state index in [4.69, 9.17) is 24.1 Å². The molecule has 3 aromatic rings. The fourth-order valence-electron chi connectivity index (χ4n) is 4.75. The normalized spacial score (nSPS) is 18.5. The Hall–Kier alpha value is -3.90. The maximum absolute atomic E-state index is 13.2. The van der Waals surface area contributed by atoms with Crippen LogP contribution in [0, 0.1) is 0 Å². The molecule has 0 saturated heterocycles. The van der Waals surface area contributed by atoms with E-state index in [9.17, 15) is 9.59 Å². The van der Waals surface area contributed by atoms with Crippen molar-refractivity contribution < 1.29 is 33.6 Å². The van der Waals surface area contributed by atoms with E-state index in [1.54, 1.807) is 25.4 Å². The number of nitrogens with one attached hydrogen (secondary N) is 3. The molecule has 12 heteroatoms. The minimum Gasteiger partial charge on any atom is -0.490 e. The number of aliphatic hydroxyl groups is 1. The lowest BCUT2D eigenvalue weighted by Crippen LogP contribution is -2.44. The third-order valence-corrected chi connectivity index (χ3v) is 6.56. The van der Waals surface area contributed by atoms with E-state index in [1.807, 2.05) is 0 Å². The zero-order valence-corrected chi connectivity index (χ0v) is 20.4. The van der Waals surface area contributed by atoms with Gasteiger partial charge in [0.1, 0.15) is 36.5 Å². The highest BCUT2D eigenvalue weighted by atomic mass is 16.7. The predicted octanol–water partition coefficient (Wildman–Crippen LogP) is 1.53. The Labute approximate surface area is 212 Å². The minimum atomic E-state index is -0.521. The standard InChI is InChI=1S/C25H29N5O7/c1-34-8-9-35-17-6-7-18-24(37-13-36-18)20(17)22-23-21(27-12-28-22)16(10-26-23)25(33)30-15-4-2-14(3-5-15)29-19(32)11-31/h6-7,10,12,14-15,26,31H,2-5,8-9,11,13H2,1H3,(H,29,32)(H,30,33)/t14-,15-. The number of ether oxygens (including phenoxy) is 4. The van der Waals surface area contributed by atoms with Gasteiger partial charge in [0.25, 0.3) is 5.91 Å². The number of aromatic amines is 1. The van der Waals surface area contributed by atoms with Crippen molar-refractivity contribution in [3.63, 3.8) is 0 Å². The Bertz CT molecular complexity index is 1290. The number of carbonyl (C=O) groups excluding carboxylic acids is 2. The summed E-state index contributed by atoms with van der Waals surface area (Å²) >= 11 is 0. The number of aromatic nitrogens is 3. The lowest BCUT2D eigenvalue weighted by atomic mass is 9.91. The number of H-pyrrole nitrogens is 1. The average molecular weight is 512 g/mol. The van der Waals surface area contributed by atoms with E-state index in [2.05, 4.69) is 25.6 Å². The van der Waals surface area contributed by atoms with Crippen molar-refractivity contribution in [2.24, 2.45) is 0 Å². The minimum absolute atomic E-state index is 0.00953. The first-order valence-electron chi connectivity index (χ1n) is 12.2. The van der Waals surface area contributed by atoms with Crippen LogP contribution in [0.5, 0.6) is 17.2 Å². The smallest absolute Gasteiger partial charge is 0.255 e. The molecule has 3 heterocycles. The SMILES string of the molecule is COCCOc1ccc2c(c1-c1ncnc3c(C(=O)N[C@H]4CC[C@H](NC(=O)CO)CC4)c[nH]c13)OCO2. The number of aliphatic hydroxyl groups excluding tert-OH is 1. The molecule has 1 fully saturated rings. The van der Waals surface area contributed by atoms with E-state index in [0.29, 0.717) is 58.3 Å². The number of carbonyl (C=O) groups is 2. The van der Waals surface area contributed by atoms with Crippen molar-refractivity contribution in [3.8, 4) is 28.5 Å². The summed E-state index contributed by atoms with van der Waals surface area (Å²) in [4.78, 5) is 36.7. The van der Waals surface area contributed by atoms with E-state index >= 15 is 0 Å². The third-order valence-electron chi connectivity index (χ3n) is 6.56. The molecule has 0 unspecified atom stereocenters. The quantitative estimate of drug-likeness (QED) is 0.313. The first kappa shape index (κ1) is 24.8. The molecule has 0 bridgehead atoms. The molecule has 2 aliphatic rings. The van der Waals surface area contributed by atoms with Crippen molar-refractivity contribution in [3.05, 3.63) is 30.2 Å². The molecule has 0 spiro atoms. The number of methoxy groups -OCH3 is 1. The van der Waals surface area contributed by atoms with Crippen LogP contribution in [0.2, 0.25) is 0 Å². The number of amides is 2. The van der Waals surface area contributed by atoms with Gasteiger partial charge in [-0.2, -0.15) is 0 Å². The van der Waals surface area contributed by atoms with Gasteiger partial charge in [-0.3, -0.25) is 9.59 Å². The van der Waals surface area contributed by atoms with Gasteiger partial charge in [0.05, 0.1) is 23.3 Å². The van der Waals surface area contributed by atoms with Gasteiger partial charge in [0.2, 0.25) is 12.7 Å². The molecule has 1 aliphatic carbocycles. The highest BCUT2D eigenvalue weighted by Gasteiger charge is 2.28. The summed E-state index contributed by atoms with van der Waals surface area (Å²) in [6.07, 6.45) is 5.93. The number of fused-ring (bicyclic) bond motifs is 2. The predicted molar refractivity (Wildman–Crippen MR) is 132 cm³/mol. The van der Waals surface area contributed by atoms with Crippen LogP contribution in [0.15, 0.2) is 24.7 Å². The largest absolute Gasteiger partial charge is 0.490 e. The number of nitrogens with zero attached hydrogens (tertiary/aromatic N) is 2. The van der Waals surface area contributed by atoms with Crippen molar-refractivity contribution in [2.45, 2.75) is 37.8 Å². The van der Waals surface area contributed by atoms with Crippen LogP contribution in [-0.4, -0.2) is 77.7 Å². The third kappa shape index (κ3) is 5.16. The second kappa shape index (κ2) is 11.0. The molecule has 4 N–H and O–H groups in total. The van der Waals surface area contributed by atoms with E-state index in [-0.39, 0.29) is 30.7 Å². The summed E-state index contributed by atoms with van der Waals surface area (Å²) in [5.41, 5.74) is 2.59. The zero-order valence-electron chi connectivity index (χ0n) is 20.4. The lowest BCUT2D eigenvalue weighted by molar-refractivity contribution is -0.124. The van der Waals surface area contributed by atoms with Crippen LogP contribution < -0.4 is 24.8 Å². The summed E-state index contributed by atoms with van der Waals surface area (Å²) in [5.74, 6) is 1.02. The fraction of sp³-hybridized carbons (Fsp3) is 0.440. The summed E-state index contributed by atoms with van der Waals surface area (Å²) in [6.45, 7) is 0.312. The zero-order chi connectivity index (χ0) is 25.8. The van der Waals surface area contributed by atoms with Gasteiger partial charge in [-0.25, -0.2) is 9.97 Å². The molecule has 0 atom stereocenters. The monoisotopic (exact) mass is 511 g/mol. The molecular weight excluding hydrogens is 482 g/mol. The van der Waals surface area contributed by atoms with Crippen LogP contribution in [0.4, 0.5) is 0 Å². The van der Waals surface area contributed by atoms with Gasteiger partial charge in [0.15, 0.2) is 11.5 Å². The molecule has 1 aliphatic heterocycles. The second-order valence-electron chi connectivity index (χ2n) is 8.91. The molecule has 1 saturated carbocycles. The fourth-order valence-corrected chi connectivity index (χ4v) is 4.75. The van der Waals surface area contributed by atoms with Gasteiger partial charge >= 0.3 is 0 Å². The molecule has 12 nitrogen and oxygen atoms in total. The van der Waals surface area contributed by atoms with E-state index in [1.165, 1.54) is 6.33 Å². The number of hydrogen-bond donors (Lipinski definition) is 4. The first-order chi connectivity index (χ1) is 18.1. The van der Waals surface area contributed by atoms with Gasteiger partial charge in [0, 0.05) is 25.4 Å². The highest BCUT2D eigenvalue weighted by molar-refractivity contribution is 6.08. The Balaban J connectivity index is 1.38. The van der Waals surface area contributed by atoms with Crippen LogP contribution in [0.25, 0.3) is 22.3 Å². The molecular formula is C25H29N5O7. The lowest BCUT2D eigenvalue weighted by Gasteiger charge is -2.29. The highest BCUT2D eigenvalue weighted by Crippen LogP contribution is 2.47. The van der Waals surface area contributed by atoms with Gasteiger partial charge in [-0.15, -0.1) is 0 Å². The topological polar surface area (TPSA) is 157 Å². The Morgan fingerprint density at radius 2 is 1.89 bits per heavy atom. The van der Waals surface area contributed by atoms with Crippen LogP contribution in [-0.2, 0) is 9.53 Å². The summed E-state index contributed by atoms with van der Waals surface area (Å²) < 4.78 is 22.4.